The van der Waals surface area contributed by atoms with Crippen molar-refractivity contribution in [3.8, 4) is 0 Å². The van der Waals surface area contributed by atoms with Crippen molar-refractivity contribution in [3.63, 3.8) is 0 Å². The molecule has 0 spiro atoms. The van der Waals surface area contributed by atoms with Crippen LogP contribution < -0.4 is 16.4 Å². The minimum atomic E-state index is -0.349. The summed E-state index contributed by atoms with van der Waals surface area (Å²) >= 11 is 0. The molecule has 114 valence electrons. The van der Waals surface area contributed by atoms with E-state index in [9.17, 15) is 9.59 Å². The number of carbonyl (C=O) groups excluding carboxylic acids is 2. The molecule has 21 heavy (non-hydrogen) atoms. The topological polar surface area (TPSA) is 93.5 Å². The molecule has 1 aliphatic rings. The molecule has 0 aromatic heterocycles. The van der Waals surface area contributed by atoms with Gasteiger partial charge >= 0.3 is 0 Å². The van der Waals surface area contributed by atoms with Crippen LogP contribution in [0.2, 0.25) is 0 Å². The first-order valence-electron chi connectivity index (χ1n) is 7.17. The van der Waals surface area contributed by atoms with E-state index >= 15 is 0 Å². The van der Waals surface area contributed by atoms with Crippen molar-refractivity contribution in [2.75, 3.05) is 18.5 Å². The largest absolute Gasteiger partial charge is 0.368 e. The molecule has 1 saturated heterocycles. The molecule has 1 unspecified atom stereocenters. The normalized spacial score (nSPS) is 17.5. The summed E-state index contributed by atoms with van der Waals surface area (Å²) in [5, 5.41) is 5.62. The summed E-state index contributed by atoms with van der Waals surface area (Å²) in [6, 6.07) is 7.40. The Balaban J connectivity index is 1.88. The number of nitrogens with one attached hydrogen (secondary N) is 2. The predicted molar refractivity (Wildman–Crippen MR) is 79.6 cm³/mol. The quantitative estimate of drug-likeness (QED) is 0.721. The highest BCUT2D eigenvalue weighted by Crippen LogP contribution is 2.16. The lowest BCUT2D eigenvalue weighted by atomic mass is 10.2. The Morgan fingerprint density at radius 1 is 1.38 bits per heavy atom. The smallest absolute Gasteiger partial charge is 0.253 e. The standard InChI is InChI=1S/C15H21N3O3/c16-7-6-14(19)17-10-11-3-1-4-12(9-11)18-15(20)13-5-2-8-21-13/h1,3-4,9,13H,2,5-8,10,16H2,(H,17,19)(H,18,20). The molecule has 0 aliphatic carbocycles. The number of benzene rings is 1. The second-order valence-corrected chi connectivity index (χ2v) is 5.01. The van der Waals surface area contributed by atoms with Crippen LogP contribution in [0, 0.1) is 0 Å². The van der Waals surface area contributed by atoms with Crippen LogP contribution in [0.1, 0.15) is 24.8 Å². The minimum absolute atomic E-state index is 0.0775. The van der Waals surface area contributed by atoms with Crippen LogP contribution in [0.3, 0.4) is 0 Å². The lowest BCUT2D eigenvalue weighted by Gasteiger charge is -2.11. The highest BCUT2D eigenvalue weighted by molar-refractivity contribution is 5.94. The minimum Gasteiger partial charge on any atom is -0.368 e. The lowest BCUT2D eigenvalue weighted by molar-refractivity contribution is -0.124. The van der Waals surface area contributed by atoms with Gasteiger partial charge in [-0.25, -0.2) is 0 Å². The summed E-state index contributed by atoms with van der Waals surface area (Å²) in [6.45, 7) is 1.40. The number of carbonyl (C=O) groups is 2. The number of rotatable bonds is 6. The van der Waals surface area contributed by atoms with Crippen molar-refractivity contribution in [1.29, 1.82) is 0 Å². The Labute approximate surface area is 124 Å². The Morgan fingerprint density at radius 2 is 2.24 bits per heavy atom. The molecule has 1 atom stereocenters. The van der Waals surface area contributed by atoms with Crippen molar-refractivity contribution in [1.82, 2.24) is 5.32 Å². The molecule has 1 fully saturated rings. The fourth-order valence-corrected chi connectivity index (χ4v) is 2.19. The first kappa shape index (κ1) is 15.5. The third-order valence-electron chi connectivity index (χ3n) is 3.28. The summed E-state index contributed by atoms with van der Waals surface area (Å²) in [7, 11) is 0. The summed E-state index contributed by atoms with van der Waals surface area (Å²) in [6.07, 6.45) is 1.65. The van der Waals surface area contributed by atoms with Gasteiger partial charge in [0.2, 0.25) is 5.91 Å². The first-order chi connectivity index (χ1) is 10.2. The van der Waals surface area contributed by atoms with Gasteiger partial charge in [-0.3, -0.25) is 9.59 Å². The fourth-order valence-electron chi connectivity index (χ4n) is 2.19. The number of anilines is 1. The molecule has 1 heterocycles. The zero-order valence-corrected chi connectivity index (χ0v) is 11.9. The van der Waals surface area contributed by atoms with Crippen molar-refractivity contribution in [2.24, 2.45) is 5.73 Å². The summed E-state index contributed by atoms with van der Waals surface area (Å²) in [5.41, 5.74) is 6.95. The SMILES string of the molecule is NCCC(=O)NCc1cccc(NC(=O)C2CCCO2)c1. The average Bonchev–Trinajstić information content (AvgIpc) is 3.00. The third kappa shape index (κ3) is 4.84. The zero-order chi connectivity index (χ0) is 15.1. The summed E-state index contributed by atoms with van der Waals surface area (Å²) in [5.74, 6) is -0.192. The molecule has 0 radical (unpaired) electrons. The molecule has 2 amide bonds. The lowest BCUT2D eigenvalue weighted by Crippen LogP contribution is -2.27. The van der Waals surface area contributed by atoms with E-state index in [1.54, 1.807) is 0 Å². The Hall–Kier alpha value is -1.92. The van der Waals surface area contributed by atoms with Gasteiger partial charge in [0.25, 0.3) is 5.91 Å². The van der Waals surface area contributed by atoms with E-state index in [2.05, 4.69) is 10.6 Å². The Bertz CT molecular complexity index is 499. The van der Waals surface area contributed by atoms with E-state index in [1.165, 1.54) is 0 Å². The molecule has 2 rings (SSSR count). The van der Waals surface area contributed by atoms with Gasteiger partial charge in [-0.05, 0) is 30.5 Å². The van der Waals surface area contributed by atoms with Crippen LogP contribution in [0.25, 0.3) is 0 Å². The Kier molecular flexibility index (Phi) is 5.71. The van der Waals surface area contributed by atoms with Crippen LogP contribution in [-0.2, 0) is 20.9 Å². The van der Waals surface area contributed by atoms with Crippen LogP contribution in [-0.4, -0.2) is 31.1 Å². The van der Waals surface area contributed by atoms with E-state index in [4.69, 9.17) is 10.5 Å². The van der Waals surface area contributed by atoms with Gasteiger partial charge in [0.05, 0.1) is 0 Å². The molecule has 4 N–H and O–H groups in total. The van der Waals surface area contributed by atoms with Gasteiger partial charge in [0.1, 0.15) is 6.10 Å². The summed E-state index contributed by atoms with van der Waals surface area (Å²) in [4.78, 5) is 23.3. The molecule has 0 saturated carbocycles. The maximum absolute atomic E-state index is 12.0. The second-order valence-electron chi connectivity index (χ2n) is 5.01. The zero-order valence-electron chi connectivity index (χ0n) is 11.9. The van der Waals surface area contributed by atoms with Gasteiger partial charge in [0.15, 0.2) is 0 Å². The second kappa shape index (κ2) is 7.75. The van der Waals surface area contributed by atoms with Crippen molar-refractivity contribution < 1.29 is 14.3 Å². The van der Waals surface area contributed by atoms with E-state index in [-0.39, 0.29) is 17.9 Å². The van der Waals surface area contributed by atoms with Gasteiger partial charge in [-0.2, -0.15) is 0 Å². The van der Waals surface area contributed by atoms with Crippen LogP contribution >= 0.6 is 0 Å². The molecule has 1 aliphatic heterocycles. The number of hydrogen-bond donors (Lipinski definition) is 3. The highest BCUT2D eigenvalue weighted by atomic mass is 16.5. The summed E-state index contributed by atoms with van der Waals surface area (Å²) < 4.78 is 5.34. The van der Waals surface area contributed by atoms with Crippen LogP contribution in [0.4, 0.5) is 5.69 Å². The highest BCUT2D eigenvalue weighted by Gasteiger charge is 2.23. The molecular weight excluding hydrogens is 270 g/mol. The molecule has 1 aromatic rings. The number of nitrogens with two attached hydrogens (primary N) is 1. The maximum atomic E-state index is 12.0. The predicted octanol–water partition coefficient (Wildman–Crippen LogP) is 0.769. The number of hydrogen-bond acceptors (Lipinski definition) is 4. The van der Waals surface area contributed by atoms with Crippen molar-refractivity contribution in [2.45, 2.75) is 31.9 Å². The van der Waals surface area contributed by atoms with E-state index in [0.717, 1.165) is 18.4 Å². The maximum Gasteiger partial charge on any atom is 0.253 e. The van der Waals surface area contributed by atoms with Crippen molar-refractivity contribution >= 4 is 17.5 Å². The van der Waals surface area contributed by atoms with Crippen LogP contribution in [0.5, 0.6) is 0 Å². The molecular formula is C15H21N3O3. The van der Waals surface area contributed by atoms with Gasteiger partial charge in [-0.1, -0.05) is 12.1 Å². The molecule has 6 heteroatoms. The first-order valence-corrected chi connectivity index (χ1v) is 7.17. The third-order valence-corrected chi connectivity index (χ3v) is 3.28. The fraction of sp³-hybridized carbons (Fsp3) is 0.467. The van der Waals surface area contributed by atoms with Gasteiger partial charge in [0, 0.05) is 31.8 Å². The molecule has 0 bridgehead atoms. The Morgan fingerprint density at radius 3 is 2.95 bits per heavy atom. The monoisotopic (exact) mass is 291 g/mol. The van der Waals surface area contributed by atoms with Crippen molar-refractivity contribution in [3.05, 3.63) is 29.8 Å². The molecule has 6 nitrogen and oxygen atoms in total. The number of amides is 2. The van der Waals surface area contributed by atoms with Gasteiger partial charge in [-0.15, -0.1) is 0 Å². The van der Waals surface area contributed by atoms with Crippen LogP contribution in [0.15, 0.2) is 24.3 Å². The molecule has 1 aromatic carbocycles. The number of ether oxygens (including phenoxy) is 1. The van der Waals surface area contributed by atoms with E-state index in [1.807, 2.05) is 24.3 Å². The van der Waals surface area contributed by atoms with E-state index < -0.39 is 0 Å². The van der Waals surface area contributed by atoms with Gasteiger partial charge < -0.3 is 21.1 Å². The average molecular weight is 291 g/mol. The van der Waals surface area contributed by atoms with E-state index in [0.29, 0.717) is 31.8 Å².